The molecular formula is C16H22Cl2N2O2. The molecule has 0 aromatic heterocycles. The Bertz CT molecular complexity index is 525. The maximum absolute atomic E-state index is 10.8. The normalized spacial score (nSPS) is 20.1. The van der Waals surface area contributed by atoms with Gasteiger partial charge < -0.3 is 5.11 Å². The second-order valence-electron chi connectivity index (χ2n) is 5.91. The molecule has 0 saturated carbocycles. The van der Waals surface area contributed by atoms with E-state index in [1.807, 2.05) is 24.1 Å². The van der Waals surface area contributed by atoms with Crippen molar-refractivity contribution in [1.29, 1.82) is 0 Å². The number of carboxylic acid groups (broad SMARTS) is 1. The Morgan fingerprint density at radius 3 is 2.82 bits per heavy atom. The van der Waals surface area contributed by atoms with E-state index in [1.165, 1.54) is 0 Å². The molecule has 0 bridgehead atoms. The summed E-state index contributed by atoms with van der Waals surface area (Å²) in [6.45, 7) is 2.88. The fourth-order valence-electron chi connectivity index (χ4n) is 2.97. The Hall–Kier alpha value is -0.810. The zero-order valence-corrected chi connectivity index (χ0v) is 14.3. The van der Waals surface area contributed by atoms with E-state index in [0.717, 1.165) is 44.5 Å². The summed E-state index contributed by atoms with van der Waals surface area (Å²) in [5, 5.41) is 10.3. The fraction of sp³-hybridized carbons (Fsp3) is 0.562. The van der Waals surface area contributed by atoms with Crippen molar-refractivity contribution in [3.8, 4) is 0 Å². The maximum Gasteiger partial charge on any atom is 0.317 e. The molecule has 0 amide bonds. The number of benzene rings is 1. The van der Waals surface area contributed by atoms with Gasteiger partial charge in [0.1, 0.15) is 0 Å². The third-order valence-electron chi connectivity index (χ3n) is 4.21. The predicted molar refractivity (Wildman–Crippen MR) is 89.6 cm³/mol. The molecule has 1 aromatic rings. The van der Waals surface area contributed by atoms with Crippen molar-refractivity contribution < 1.29 is 9.90 Å². The Labute approximate surface area is 141 Å². The summed E-state index contributed by atoms with van der Waals surface area (Å²) in [4.78, 5) is 15.2. The number of halogens is 2. The minimum Gasteiger partial charge on any atom is -0.480 e. The minimum absolute atomic E-state index is 0.105. The average Bonchev–Trinajstić information content (AvgIpc) is 2.67. The van der Waals surface area contributed by atoms with Crippen LogP contribution in [-0.4, -0.2) is 53.6 Å². The van der Waals surface area contributed by atoms with Crippen LogP contribution in [0, 0.1) is 0 Å². The summed E-state index contributed by atoms with van der Waals surface area (Å²) in [6.07, 6.45) is 3.09. The smallest absolute Gasteiger partial charge is 0.317 e. The number of carbonyl (C=O) groups is 1. The third-order valence-corrected chi connectivity index (χ3v) is 4.79. The lowest BCUT2D eigenvalue weighted by Gasteiger charge is -2.25. The monoisotopic (exact) mass is 344 g/mol. The molecule has 0 radical (unpaired) electrons. The molecule has 1 N–H and O–H groups in total. The number of rotatable bonds is 5. The van der Waals surface area contributed by atoms with Crippen molar-refractivity contribution in [2.24, 2.45) is 0 Å². The van der Waals surface area contributed by atoms with Crippen LogP contribution >= 0.6 is 23.2 Å². The Kier molecular flexibility index (Phi) is 6.50. The van der Waals surface area contributed by atoms with E-state index in [-0.39, 0.29) is 6.54 Å². The van der Waals surface area contributed by atoms with Crippen LogP contribution in [-0.2, 0) is 11.3 Å². The maximum atomic E-state index is 10.8. The molecule has 1 atom stereocenters. The van der Waals surface area contributed by atoms with E-state index < -0.39 is 5.97 Å². The lowest BCUT2D eigenvalue weighted by molar-refractivity contribution is -0.138. The zero-order chi connectivity index (χ0) is 16.1. The van der Waals surface area contributed by atoms with Gasteiger partial charge in [-0.2, -0.15) is 0 Å². The predicted octanol–water partition coefficient (Wildman–Crippen LogP) is 3.36. The number of likely N-dealkylation sites (N-methyl/N-ethyl adjacent to an activating group) is 1. The van der Waals surface area contributed by atoms with Gasteiger partial charge in [0.2, 0.25) is 0 Å². The van der Waals surface area contributed by atoms with E-state index in [0.29, 0.717) is 16.1 Å². The van der Waals surface area contributed by atoms with Gasteiger partial charge in [-0.3, -0.25) is 14.6 Å². The first kappa shape index (κ1) is 17.5. The number of likely N-dealkylation sites (tertiary alicyclic amines) is 1. The van der Waals surface area contributed by atoms with Crippen LogP contribution < -0.4 is 0 Å². The van der Waals surface area contributed by atoms with Crippen molar-refractivity contribution in [2.75, 3.05) is 26.7 Å². The van der Waals surface area contributed by atoms with Crippen LogP contribution in [0.15, 0.2) is 18.2 Å². The fourth-order valence-corrected chi connectivity index (χ4v) is 3.44. The minimum atomic E-state index is -0.767. The zero-order valence-electron chi connectivity index (χ0n) is 12.8. The highest BCUT2D eigenvalue weighted by Gasteiger charge is 2.22. The Morgan fingerprint density at radius 2 is 2.14 bits per heavy atom. The van der Waals surface area contributed by atoms with Gasteiger partial charge in [0.15, 0.2) is 0 Å². The van der Waals surface area contributed by atoms with Crippen LogP contribution in [0.5, 0.6) is 0 Å². The van der Waals surface area contributed by atoms with Crippen LogP contribution in [0.2, 0.25) is 10.0 Å². The molecule has 0 spiro atoms. The van der Waals surface area contributed by atoms with Gasteiger partial charge in [-0.25, -0.2) is 0 Å². The molecule has 2 rings (SSSR count). The van der Waals surface area contributed by atoms with E-state index >= 15 is 0 Å². The first-order valence-corrected chi connectivity index (χ1v) is 8.29. The number of hydrogen-bond acceptors (Lipinski definition) is 3. The topological polar surface area (TPSA) is 43.8 Å². The number of carboxylic acids is 1. The highest BCUT2D eigenvalue weighted by atomic mass is 35.5. The summed E-state index contributed by atoms with van der Waals surface area (Å²) in [7, 11) is 1.89. The van der Waals surface area contributed by atoms with Crippen molar-refractivity contribution in [2.45, 2.75) is 31.8 Å². The molecule has 1 heterocycles. The molecule has 1 fully saturated rings. The first-order valence-electron chi connectivity index (χ1n) is 7.54. The SMILES string of the molecule is CN(CC(=O)O)C1CCCN(Cc2ccc(Cl)cc2Cl)CC1. The van der Waals surface area contributed by atoms with E-state index in [4.69, 9.17) is 28.3 Å². The van der Waals surface area contributed by atoms with Crippen LogP contribution in [0.3, 0.4) is 0 Å². The third kappa shape index (κ3) is 5.13. The van der Waals surface area contributed by atoms with Gasteiger partial charge in [0.25, 0.3) is 0 Å². The lowest BCUT2D eigenvalue weighted by Crippen LogP contribution is -2.36. The quantitative estimate of drug-likeness (QED) is 0.889. The standard InChI is InChI=1S/C16H22Cl2N2O2/c1-19(11-16(21)22)14-3-2-7-20(8-6-14)10-12-4-5-13(17)9-15(12)18/h4-5,9,14H,2-3,6-8,10-11H2,1H3,(H,21,22). The summed E-state index contributed by atoms with van der Waals surface area (Å²) < 4.78 is 0. The largest absolute Gasteiger partial charge is 0.480 e. The summed E-state index contributed by atoms with van der Waals surface area (Å²) in [5.74, 6) is -0.767. The second kappa shape index (κ2) is 8.16. The van der Waals surface area contributed by atoms with Gasteiger partial charge in [0, 0.05) is 22.6 Å². The average molecular weight is 345 g/mol. The molecule has 1 aromatic carbocycles. The van der Waals surface area contributed by atoms with Crippen LogP contribution in [0.4, 0.5) is 0 Å². The Balaban J connectivity index is 1.91. The van der Waals surface area contributed by atoms with Crippen molar-refractivity contribution in [1.82, 2.24) is 9.80 Å². The molecular weight excluding hydrogens is 323 g/mol. The van der Waals surface area contributed by atoms with Gasteiger partial charge in [0.05, 0.1) is 6.54 Å². The summed E-state index contributed by atoms with van der Waals surface area (Å²) >= 11 is 12.2. The summed E-state index contributed by atoms with van der Waals surface area (Å²) in [5.41, 5.74) is 1.09. The van der Waals surface area contributed by atoms with Crippen molar-refractivity contribution in [3.63, 3.8) is 0 Å². The summed E-state index contributed by atoms with van der Waals surface area (Å²) in [6, 6.07) is 5.95. The van der Waals surface area contributed by atoms with Crippen molar-refractivity contribution >= 4 is 29.2 Å². The molecule has 122 valence electrons. The second-order valence-corrected chi connectivity index (χ2v) is 6.75. The van der Waals surface area contributed by atoms with Crippen molar-refractivity contribution in [3.05, 3.63) is 33.8 Å². The first-order chi connectivity index (χ1) is 10.5. The van der Waals surface area contributed by atoms with E-state index in [1.54, 1.807) is 6.07 Å². The molecule has 6 heteroatoms. The van der Waals surface area contributed by atoms with Gasteiger partial charge in [-0.05, 0) is 57.1 Å². The molecule has 1 aliphatic heterocycles. The Morgan fingerprint density at radius 1 is 1.36 bits per heavy atom. The molecule has 22 heavy (non-hydrogen) atoms. The molecule has 1 saturated heterocycles. The molecule has 4 nitrogen and oxygen atoms in total. The highest BCUT2D eigenvalue weighted by molar-refractivity contribution is 6.35. The molecule has 1 aliphatic rings. The number of nitrogens with zero attached hydrogens (tertiary/aromatic N) is 2. The van der Waals surface area contributed by atoms with E-state index in [9.17, 15) is 4.79 Å². The molecule has 0 aliphatic carbocycles. The lowest BCUT2D eigenvalue weighted by atomic mass is 10.1. The van der Waals surface area contributed by atoms with Crippen LogP contribution in [0.1, 0.15) is 24.8 Å². The number of hydrogen-bond donors (Lipinski definition) is 1. The van der Waals surface area contributed by atoms with Gasteiger partial charge in [-0.15, -0.1) is 0 Å². The molecule has 1 unspecified atom stereocenters. The van der Waals surface area contributed by atoms with E-state index in [2.05, 4.69) is 4.90 Å². The van der Waals surface area contributed by atoms with Crippen LogP contribution in [0.25, 0.3) is 0 Å². The van der Waals surface area contributed by atoms with Gasteiger partial charge in [-0.1, -0.05) is 29.3 Å². The highest BCUT2D eigenvalue weighted by Crippen LogP contribution is 2.24. The number of aliphatic carboxylic acids is 1. The van der Waals surface area contributed by atoms with Gasteiger partial charge >= 0.3 is 5.97 Å².